The van der Waals surface area contributed by atoms with Crippen molar-refractivity contribution in [3.05, 3.63) is 65.4 Å². The van der Waals surface area contributed by atoms with Crippen molar-refractivity contribution in [2.75, 3.05) is 31.4 Å². The van der Waals surface area contributed by atoms with Crippen LogP contribution in [0.5, 0.6) is 11.5 Å². The Morgan fingerprint density at radius 2 is 1.63 bits per heavy atom. The lowest BCUT2D eigenvalue weighted by atomic mass is 10.1. The van der Waals surface area contributed by atoms with Gasteiger partial charge in [-0.1, -0.05) is 23.7 Å². The van der Waals surface area contributed by atoms with Gasteiger partial charge in [0.2, 0.25) is 0 Å². The van der Waals surface area contributed by atoms with E-state index in [4.69, 9.17) is 21.1 Å². The van der Waals surface area contributed by atoms with E-state index in [1.165, 1.54) is 11.9 Å². The van der Waals surface area contributed by atoms with Gasteiger partial charge in [0.15, 0.2) is 11.5 Å². The molecule has 0 amide bonds. The summed E-state index contributed by atoms with van der Waals surface area (Å²) in [6.07, 6.45) is 2.40. The van der Waals surface area contributed by atoms with Crippen molar-refractivity contribution >= 4 is 28.9 Å². The van der Waals surface area contributed by atoms with Crippen LogP contribution in [-0.2, 0) is 6.42 Å². The first kappa shape index (κ1) is 18.8. The van der Waals surface area contributed by atoms with Gasteiger partial charge in [-0.05, 0) is 36.2 Å². The summed E-state index contributed by atoms with van der Waals surface area (Å²) < 4.78 is 10.6. The summed E-state index contributed by atoms with van der Waals surface area (Å²) >= 11 is 5.91. The molecule has 0 aliphatic heterocycles. The number of methoxy groups -OCH3 is 2. The summed E-state index contributed by atoms with van der Waals surface area (Å²) in [5.74, 6) is 2.77. The van der Waals surface area contributed by atoms with Crippen molar-refractivity contribution in [1.29, 1.82) is 0 Å². The fourth-order valence-electron chi connectivity index (χ4n) is 2.57. The van der Waals surface area contributed by atoms with Crippen molar-refractivity contribution in [2.24, 2.45) is 0 Å². The summed E-state index contributed by atoms with van der Waals surface area (Å²) in [4.78, 5) is 8.52. The van der Waals surface area contributed by atoms with Crippen molar-refractivity contribution < 1.29 is 9.47 Å². The topological polar surface area (TPSA) is 68.3 Å². The van der Waals surface area contributed by atoms with E-state index in [0.717, 1.165) is 29.5 Å². The Labute approximate surface area is 163 Å². The minimum absolute atomic E-state index is 0.651. The van der Waals surface area contributed by atoms with Crippen LogP contribution in [0.25, 0.3) is 0 Å². The highest BCUT2D eigenvalue weighted by molar-refractivity contribution is 6.30. The standard InChI is InChI=1S/C20H21ClN4O2/c1-26-17-8-7-16(11-18(17)27-2)25-20-12-19(23-13-24-20)22-10-9-14-3-5-15(21)6-4-14/h3-8,11-13H,9-10H2,1-2H3,(H2,22,23,24,25). The molecule has 0 aliphatic carbocycles. The number of nitrogens with one attached hydrogen (secondary N) is 2. The second kappa shape index (κ2) is 9.09. The van der Waals surface area contributed by atoms with Crippen LogP contribution in [0.2, 0.25) is 5.02 Å². The molecule has 2 aromatic carbocycles. The Morgan fingerprint density at radius 3 is 2.37 bits per heavy atom. The van der Waals surface area contributed by atoms with Crippen molar-refractivity contribution in [1.82, 2.24) is 9.97 Å². The molecule has 0 bridgehead atoms. The zero-order valence-corrected chi connectivity index (χ0v) is 16.0. The molecule has 3 rings (SSSR count). The SMILES string of the molecule is COc1ccc(Nc2cc(NCCc3ccc(Cl)cc3)ncn2)cc1OC. The zero-order chi connectivity index (χ0) is 19.1. The molecule has 6 nitrogen and oxygen atoms in total. The Hall–Kier alpha value is -2.99. The predicted octanol–water partition coefficient (Wildman–Crippen LogP) is 4.55. The normalized spacial score (nSPS) is 10.3. The van der Waals surface area contributed by atoms with Crippen LogP contribution in [0, 0.1) is 0 Å². The fourth-order valence-corrected chi connectivity index (χ4v) is 2.70. The summed E-state index contributed by atoms with van der Waals surface area (Å²) in [7, 11) is 3.21. The molecule has 0 saturated heterocycles. The summed E-state index contributed by atoms with van der Waals surface area (Å²) in [6, 6.07) is 15.3. The molecule has 1 heterocycles. The number of nitrogens with zero attached hydrogens (tertiary/aromatic N) is 2. The first-order valence-corrected chi connectivity index (χ1v) is 8.85. The van der Waals surface area contributed by atoms with Gasteiger partial charge in [-0.15, -0.1) is 0 Å². The first-order valence-electron chi connectivity index (χ1n) is 8.47. The first-order chi connectivity index (χ1) is 13.2. The molecular formula is C20H21ClN4O2. The van der Waals surface area contributed by atoms with E-state index in [2.05, 4.69) is 20.6 Å². The Morgan fingerprint density at radius 1 is 0.889 bits per heavy atom. The predicted molar refractivity (Wildman–Crippen MR) is 109 cm³/mol. The minimum Gasteiger partial charge on any atom is -0.493 e. The highest BCUT2D eigenvalue weighted by atomic mass is 35.5. The molecule has 140 valence electrons. The number of aromatic nitrogens is 2. The van der Waals surface area contributed by atoms with Gasteiger partial charge in [0.1, 0.15) is 18.0 Å². The number of hydrogen-bond acceptors (Lipinski definition) is 6. The Balaban J connectivity index is 1.60. The van der Waals surface area contributed by atoms with Crippen LogP contribution in [0.1, 0.15) is 5.56 Å². The number of benzene rings is 2. The van der Waals surface area contributed by atoms with Crippen LogP contribution in [0.15, 0.2) is 54.9 Å². The van der Waals surface area contributed by atoms with Gasteiger partial charge in [-0.2, -0.15) is 0 Å². The van der Waals surface area contributed by atoms with Crippen LogP contribution < -0.4 is 20.1 Å². The smallest absolute Gasteiger partial charge is 0.162 e. The third kappa shape index (κ3) is 5.24. The Bertz CT molecular complexity index is 887. The number of ether oxygens (including phenoxy) is 2. The number of halogens is 1. The van der Waals surface area contributed by atoms with Gasteiger partial charge in [-0.25, -0.2) is 9.97 Å². The third-order valence-corrected chi connectivity index (χ3v) is 4.21. The minimum atomic E-state index is 0.651. The van der Waals surface area contributed by atoms with E-state index < -0.39 is 0 Å². The van der Waals surface area contributed by atoms with Crippen molar-refractivity contribution in [3.63, 3.8) is 0 Å². The van der Waals surface area contributed by atoms with Gasteiger partial charge >= 0.3 is 0 Å². The molecule has 1 aromatic heterocycles. The zero-order valence-electron chi connectivity index (χ0n) is 15.2. The van der Waals surface area contributed by atoms with Gasteiger partial charge in [0.25, 0.3) is 0 Å². The summed E-state index contributed by atoms with van der Waals surface area (Å²) in [5.41, 5.74) is 2.06. The highest BCUT2D eigenvalue weighted by Gasteiger charge is 2.06. The maximum Gasteiger partial charge on any atom is 0.162 e. The van der Waals surface area contributed by atoms with E-state index in [0.29, 0.717) is 17.3 Å². The molecule has 27 heavy (non-hydrogen) atoms. The fraction of sp³-hybridized carbons (Fsp3) is 0.200. The average molecular weight is 385 g/mol. The monoisotopic (exact) mass is 384 g/mol. The number of anilines is 3. The molecule has 0 unspecified atom stereocenters. The van der Waals surface area contributed by atoms with Crippen LogP contribution in [0.3, 0.4) is 0 Å². The third-order valence-electron chi connectivity index (χ3n) is 3.96. The molecule has 2 N–H and O–H groups in total. The lowest BCUT2D eigenvalue weighted by Crippen LogP contribution is -2.07. The quantitative estimate of drug-likeness (QED) is 0.594. The molecular weight excluding hydrogens is 364 g/mol. The van der Waals surface area contributed by atoms with E-state index >= 15 is 0 Å². The lowest BCUT2D eigenvalue weighted by Gasteiger charge is -2.11. The maximum absolute atomic E-state index is 5.91. The molecule has 0 aliphatic rings. The Kier molecular flexibility index (Phi) is 6.33. The molecule has 0 spiro atoms. The summed E-state index contributed by atoms with van der Waals surface area (Å²) in [6.45, 7) is 0.758. The maximum atomic E-state index is 5.91. The van der Waals surface area contributed by atoms with Gasteiger partial charge in [0, 0.05) is 29.4 Å². The molecule has 0 radical (unpaired) electrons. The van der Waals surface area contributed by atoms with E-state index in [-0.39, 0.29) is 0 Å². The van der Waals surface area contributed by atoms with E-state index in [1.54, 1.807) is 14.2 Å². The lowest BCUT2D eigenvalue weighted by molar-refractivity contribution is 0.355. The molecule has 0 saturated carbocycles. The van der Waals surface area contributed by atoms with Crippen LogP contribution in [0.4, 0.5) is 17.3 Å². The second-order valence-electron chi connectivity index (χ2n) is 5.79. The second-order valence-corrected chi connectivity index (χ2v) is 6.22. The average Bonchev–Trinajstić information content (AvgIpc) is 2.70. The molecule has 0 fully saturated rings. The van der Waals surface area contributed by atoms with E-state index in [1.807, 2.05) is 48.5 Å². The number of hydrogen-bond donors (Lipinski definition) is 2. The van der Waals surface area contributed by atoms with Crippen LogP contribution >= 0.6 is 11.6 Å². The molecule has 0 atom stereocenters. The van der Waals surface area contributed by atoms with Crippen molar-refractivity contribution in [2.45, 2.75) is 6.42 Å². The van der Waals surface area contributed by atoms with Gasteiger partial charge in [-0.3, -0.25) is 0 Å². The largest absolute Gasteiger partial charge is 0.493 e. The van der Waals surface area contributed by atoms with Crippen LogP contribution in [-0.4, -0.2) is 30.7 Å². The highest BCUT2D eigenvalue weighted by Crippen LogP contribution is 2.30. The van der Waals surface area contributed by atoms with Gasteiger partial charge in [0.05, 0.1) is 14.2 Å². The van der Waals surface area contributed by atoms with Gasteiger partial charge < -0.3 is 20.1 Å². The van der Waals surface area contributed by atoms with Crippen molar-refractivity contribution in [3.8, 4) is 11.5 Å². The number of rotatable bonds is 8. The molecule has 3 aromatic rings. The van der Waals surface area contributed by atoms with E-state index in [9.17, 15) is 0 Å². The summed E-state index contributed by atoms with van der Waals surface area (Å²) in [5, 5.41) is 7.29. The molecule has 7 heteroatoms.